The fourth-order valence-corrected chi connectivity index (χ4v) is 6.17. The SMILES string of the molecule is C#Cc1ccc(C(C)N2Cc3sc(NC(=O)Cc4ccc(S(C)(=O)=O)cc4)nc3C2C(C)C)cc1. The van der Waals surface area contributed by atoms with Crippen molar-refractivity contribution in [2.24, 2.45) is 5.92 Å². The minimum atomic E-state index is -3.26. The van der Waals surface area contributed by atoms with Crippen LogP contribution in [0.4, 0.5) is 5.13 Å². The van der Waals surface area contributed by atoms with E-state index in [1.807, 2.05) is 12.1 Å². The van der Waals surface area contributed by atoms with E-state index in [-0.39, 0.29) is 29.3 Å². The lowest BCUT2D eigenvalue weighted by Crippen LogP contribution is -2.29. The number of sulfone groups is 1. The van der Waals surface area contributed by atoms with Crippen molar-refractivity contribution < 1.29 is 13.2 Å². The Kier molecular flexibility index (Phi) is 7.13. The molecule has 0 saturated carbocycles. The average molecular weight is 508 g/mol. The van der Waals surface area contributed by atoms with E-state index in [1.165, 1.54) is 33.9 Å². The molecular weight excluding hydrogens is 478 g/mol. The third-order valence-electron chi connectivity index (χ3n) is 6.34. The number of thiazole rings is 1. The second kappa shape index (κ2) is 9.94. The van der Waals surface area contributed by atoms with Gasteiger partial charge >= 0.3 is 0 Å². The fourth-order valence-electron chi connectivity index (χ4n) is 4.51. The molecule has 8 heteroatoms. The van der Waals surface area contributed by atoms with Crippen LogP contribution in [0.25, 0.3) is 0 Å². The summed E-state index contributed by atoms with van der Waals surface area (Å²) in [6.07, 6.45) is 6.81. The summed E-state index contributed by atoms with van der Waals surface area (Å²) in [5.74, 6) is 2.84. The molecule has 0 bridgehead atoms. The van der Waals surface area contributed by atoms with E-state index in [4.69, 9.17) is 11.4 Å². The third kappa shape index (κ3) is 5.48. The Bertz CT molecular complexity index is 1370. The van der Waals surface area contributed by atoms with Gasteiger partial charge in [-0.25, -0.2) is 13.4 Å². The number of nitrogens with one attached hydrogen (secondary N) is 1. The molecule has 1 aromatic heterocycles. The van der Waals surface area contributed by atoms with Gasteiger partial charge < -0.3 is 5.32 Å². The molecule has 1 N–H and O–H groups in total. The van der Waals surface area contributed by atoms with Crippen molar-refractivity contribution in [3.05, 3.63) is 75.8 Å². The molecule has 0 aliphatic carbocycles. The summed E-state index contributed by atoms with van der Waals surface area (Å²) in [5.41, 5.74) is 3.86. The molecule has 0 radical (unpaired) electrons. The van der Waals surface area contributed by atoms with Gasteiger partial charge in [0.05, 0.1) is 23.1 Å². The fraction of sp³-hybridized carbons (Fsp3) is 0.333. The van der Waals surface area contributed by atoms with Crippen LogP contribution in [0.1, 0.15) is 60.1 Å². The molecule has 2 aromatic carbocycles. The minimum Gasteiger partial charge on any atom is -0.302 e. The topological polar surface area (TPSA) is 79.4 Å². The first kappa shape index (κ1) is 25.1. The summed E-state index contributed by atoms with van der Waals surface area (Å²) in [6.45, 7) is 7.36. The summed E-state index contributed by atoms with van der Waals surface area (Å²) in [6, 6.07) is 14.9. The maximum atomic E-state index is 12.6. The van der Waals surface area contributed by atoms with Gasteiger partial charge in [0, 0.05) is 29.3 Å². The molecule has 182 valence electrons. The molecule has 2 unspecified atom stereocenters. The van der Waals surface area contributed by atoms with Crippen LogP contribution < -0.4 is 5.32 Å². The van der Waals surface area contributed by atoms with E-state index in [0.717, 1.165) is 29.6 Å². The van der Waals surface area contributed by atoms with Crippen LogP contribution >= 0.6 is 11.3 Å². The Morgan fingerprint density at radius 3 is 2.40 bits per heavy atom. The monoisotopic (exact) mass is 507 g/mol. The van der Waals surface area contributed by atoms with E-state index < -0.39 is 9.84 Å². The molecule has 4 rings (SSSR count). The third-order valence-corrected chi connectivity index (χ3v) is 8.44. The average Bonchev–Trinajstić information content (AvgIpc) is 3.35. The second-order valence-electron chi connectivity index (χ2n) is 9.27. The second-order valence-corrected chi connectivity index (χ2v) is 12.4. The van der Waals surface area contributed by atoms with Crippen molar-refractivity contribution in [3.8, 4) is 12.3 Å². The number of nitrogens with zero attached hydrogens (tertiary/aromatic N) is 2. The van der Waals surface area contributed by atoms with Gasteiger partial charge in [-0.2, -0.15) is 0 Å². The Morgan fingerprint density at radius 1 is 1.17 bits per heavy atom. The van der Waals surface area contributed by atoms with Crippen LogP contribution in [0, 0.1) is 18.3 Å². The number of hydrogen-bond donors (Lipinski definition) is 1. The highest BCUT2D eigenvalue weighted by molar-refractivity contribution is 7.90. The first-order valence-corrected chi connectivity index (χ1v) is 14.2. The largest absolute Gasteiger partial charge is 0.302 e. The number of fused-ring (bicyclic) bond motifs is 1. The van der Waals surface area contributed by atoms with Gasteiger partial charge in [-0.1, -0.05) is 44.0 Å². The molecule has 0 saturated heterocycles. The molecular formula is C27H29N3O3S2. The van der Waals surface area contributed by atoms with Crippen LogP contribution in [0.15, 0.2) is 53.4 Å². The van der Waals surface area contributed by atoms with Crippen molar-refractivity contribution in [1.82, 2.24) is 9.88 Å². The normalized spacial score (nSPS) is 16.6. The van der Waals surface area contributed by atoms with Crippen molar-refractivity contribution in [1.29, 1.82) is 0 Å². The predicted octanol–water partition coefficient (Wildman–Crippen LogP) is 4.98. The number of anilines is 1. The lowest BCUT2D eigenvalue weighted by atomic mass is 9.98. The Morgan fingerprint density at radius 2 is 1.83 bits per heavy atom. The summed E-state index contributed by atoms with van der Waals surface area (Å²) in [5, 5.41) is 3.53. The number of rotatable bonds is 7. The number of carbonyl (C=O) groups is 1. The summed E-state index contributed by atoms with van der Waals surface area (Å²) >= 11 is 1.52. The summed E-state index contributed by atoms with van der Waals surface area (Å²) in [7, 11) is -3.26. The minimum absolute atomic E-state index is 0.151. The standard InChI is InChI=1S/C27H29N3O3S2/c1-6-19-7-11-21(12-8-19)18(4)30-16-23-25(26(30)17(2)3)29-27(34-23)28-24(31)15-20-9-13-22(14-10-20)35(5,32)33/h1,7-14,17-18,26H,15-16H2,2-5H3,(H,28,29,31). The van der Waals surface area contributed by atoms with Crippen LogP contribution in [0.2, 0.25) is 0 Å². The molecule has 35 heavy (non-hydrogen) atoms. The lowest BCUT2D eigenvalue weighted by Gasteiger charge is -2.33. The van der Waals surface area contributed by atoms with E-state index in [0.29, 0.717) is 11.0 Å². The quantitative estimate of drug-likeness (QED) is 0.456. The van der Waals surface area contributed by atoms with Crippen molar-refractivity contribution in [3.63, 3.8) is 0 Å². The zero-order valence-corrected chi connectivity index (χ0v) is 21.9. The summed E-state index contributed by atoms with van der Waals surface area (Å²) in [4.78, 5) is 21.3. The van der Waals surface area contributed by atoms with E-state index in [1.54, 1.807) is 12.1 Å². The molecule has 0 fully saturated rings. The molecule has 0 spiro atoms. The number of amides is 1. The highest BCUT2D eigenvalue weighted by Crippen LogP contribution is 2.46. The van der Waals surface area contributed by atoms with Crippen molar-refractivity contribution in [2.75, 3.05) is 11.6 Å². The molecule has 2 atom stereocenters. The lowest BCUT2D eigenvalue weighted by molar-refractivity contribution is -0.115. The van der Waals surface area contributed by atoms with Gasteiger partial charge in [0.2, 0.25) is 5.91 Å². The smallest absolute Gasteiger partial charge is 0.230 e. The van der Waals surface area contributed by atoms with Crippen molar-refractivity contribution in [2.45, 2.75) is 50.7 Å². The Hall–Kier alpha value is -2.99. The molecule has 6 nitrogen and oxygen atoms in total. The number of hydrogen-bond acceptors (Lipinski definition) is 6. The van der Waals surface area contributed by atoms with Crippen LogP contribution in [-0.4, -0.2) is 30.5 Å². The number of carbonyl (C=O) groups excluding carboxylic acids is 1. The zero-order valence-electron chi connectivity index (χ0n) is 20.3. The number of aromatic nitrogens is 1. The van der Waals surface area contributed by atoms with Gasteiger partial charge in [-0.15, -0.1) is 17.8 Å². The molecule has 1 aliphatic heterocycles. The highest BCUT2D eigenvalue weighted by atomic mass is 32.2. The molecule has 1 aliphatic rings. The first-order valence-electron chi connectivity index (χ1n) is 11.5. The van der Waals surface area contributed by atoms with E-state index in [2.05, 4.69) is 49.0 Å². The Balaban J connectivity index is 1.46. The number of terminal acetylenes is 1. The number of benzene rings is 2. The van der Waals surface area contributed by atoms with Crippen LogP contribution in [0.5, 0.6) is 0 Å². The zero-order chi connectivity index (χ0) is 25.3. The maximum absolute atomic E-state index is 12.6. The molecule has 1 amide bonds. The highest BCUT2D eigenvalue weighted by Gasteiger charge is 2.38. The summed E-state index contributed by atoms with van der Waals surface area (Å²) < 4.78 is 23.3. The van der Waals surface area contributed by atoms with Crippen LogP contribution in [-0.2, 0) is 27.6 Å². The van der Waals surface area contributed by atoms with Gasteiger partial charge in [-0.05, 0) is 48.2 Å². The Labute approximate surface area is 211 Å². The van der Waals surface area contributed by atoms with E-state index in [9.17, 15) is 13.2 Å². The van der Waals surface area contributed by atoms with Gasteiger partial charge in [-0.3, -0.25) is 9.69 Å². The van der Waals surface area contributed by atoms with Crippen molar-refractivity contribution >= 4 is 32.2 Å². The van der Waals surface area contributed by atoms with E-state index >= 15 is 0 Å². The maximum Gasteiger partial charge on any atom is 0.230 e. The molecule has 2 heterocycles. The predicted molar refractivity (Wildman–Crippen MR) is 140 cm³/mol. The van der Waals surface area contributed by atoms with Gasteiger partial charge in [0.1, 0.15) is 0 Å². The molecule has 3 aromatic rings. The van der Waals surface area contributed by atoms with Gasteiger partial charge in [0.15, 0.2) is 15.0 Å². The first-order chi connectivity index (χ1) is 16.6. The van der Waals surface area contributed by atoms with Crippen LogP contribution in [0.3, 0.4) is 0 Å². The van der Waals surface area contributed by atoms with Gasteiger partial charge in [0.25, 0.3) is 0 Å².